The maximum atomic E-state index is 13.8. The number of carbonyl (C=O) groups excluding carboxylic acids is 3. The number of amides is 3. The summed E-state index contributed by atoms with van der Waals surface area (Å²) in [7, 11) is 1.71. The van der Waals surface area contributed by atoms with Crippen LogP contribution in [0.5, 0.6) is 0 Å². The predicted octanol–water partition coefficient (Wildman–Crippen LogP) is 5.39. The molecule has 0 saturated carbocycles. The van der Waals surface area contributed by atoms with Crippen LogP contribution in [-0.2, 0) is 33.9 Å². The topological polar surface area (TPSA) is 78.8 Å². The fourth-order valence-corrected chi connectivity index (χ4v) is 5.63. The molecule has 0 N–H and O–H groups in total. The summed E-state index contributed by atoms with van der Waals surface area (Å²) in [6.45, 7) is 8.89. The first-order valence-electron chi connectivity index (χ1n) is 14.1. The highest BCUT2D eigenvalue weighted by Crippen LogP contribution is 2.39. The first kappa shape index (κ1) is 30.8. The lowest BCUT2D eigenvalue weighted by molar-refractivity contribution is -0.137. The third kappa shape index (κ3) is 5.77. The monoisotopic (exact) mass is 587 g/mol. The maximum absolute atomic E-state index is 13.8. The molecule has 0 aliphatic carbocycles. The van der Waals surface area contributed by atoms with E-state index in [-0.39, 0.29) is 36.7 Å². The number of halogens is 1. The third-order valence-corrected chi connectivity index (χ3v) is 8.08. The summed E-state index contributed by atoms with van der Waals surface area (Å²) in [5.41, 5.74) is 4.34. The molecular weight excluding hydrogens is 550 g/mol. The Morgan fingerprint density at radius 3 is 2.48 bits per heavy atom. The fourth-order valence-electron chi connectivity index (χ4n) is 5.63. The SMILES string of the molecule is CCN1C(=O)C(C)(C)C(=O)N(C)c2cc(CN(CCc3cccnc3)C(=O)Cn3ccc4c(C)cccc43)ccc21.Cl. The van der Waals surface area contributed by atoms with Crippen LogP contribution in [0.25, 0.3) is 10.9 Å². The molecule has 0 fully saturated rings. The van der Waals surface area contributed by atoms with Crippen LogP contribution in [0.2, 0.25) is 0 Å². The number of nitrogens with zero attached hydrogens (tertiary/aromatic N) is 5. The van der Waals surface area contributed by atoms with Crippen LogP contribution in [0.3, 0.4) is 0 Å². The standard InChI is InChI=1S/C33H37N5O3.ClH/c1-6-38-28-13-12-25(19-29(28)35(5)31(40)33(3,4)32(38)41)21-37(17-14-24-10-8-16-34-20-24)30(39)22-36-18-15-26-23(2)9-7-11-27(26)36;/h7-13,15-16,18-20H,6,14,17,21-22H2,1-5H3;1H. The van der Waals surface area contributed by atoms with Gasteiger partial charge in [0.05, 0.1) is 11.4 Å². The molecule has 0 unspecified atom stereocenters. The number of carbonyl (C=O) groups is 3. The number of anilines is 2. The highest BCUT2D eigenvalue weighted by atomic mass is 35.5. The van der Waals surface area contributed by atoms with Gasteiger partial charge in [-0.05, 0) is 81.1 Å². The van der Waals surface area contributed by atoms with Crippen molar-refractivity contribution in [2.75, 3.05) is 29.9 Å². The van der Waals surface area contributed by atoms with Crippen molar-refractivity contribution < 1.29 is 14.4 Å². The van der Waals surface area contributed by atoms with E-state index in [1.807, 2.05) is 71.2 Å². The van der Waals surface area contributed by atoms with Gasteiger partial charge in [0.25, 0.3) is 0 Å². The average Bonchev–Trinajstić information content (AvgIpc) is 3.37. The number of pyridine rings is 1. The van der Waals surface area contributed by atoms with Crippen molar-refractivity contribution in [2.45, 2.75) is 47.2 Å². The van der Waals surface area contributed by atoms with Crippen LogP contribution >= 0.6 is 12.4 Å². The van der Waals surface area contributed by atoms with E-state index in [0.29, 0.717) is 37.4 Å². The van der Waals surface area contributed by atoms with E-state index in [9.17, 15) is 14.4 Å². The number of rotatable bonds is 8. The van der Waals surface area contributed by atoms with Gasteiger partial charge in [0, 0.05) is 56.2 Å². The number of benzene rings is 2. The summed E-state index contributed by atoms with van der Waals surface area (Å²) in [5.74, 6) is -0.472. The first-order valence-corrected chi connectivity index (χ1v) is 14.1. The Morgan fingerprint density at radius 1 is 0.976 bits per heavy atom. The molecule has 0 spiro atoms. The summed E-state index contributed by atoms with van der Waals surface area (Å²) < 4.78 is 2.00. The number of hydrogen-bond donors (Lipinski definition) is 0. The maximum Gasteiger partial charge on any atom is 0.242 e. The van der Waals surface area contributed by atoms with Crippen LogP contribution in [-0.4, -0.2) is 52.3 Å². The van der Waals surface area contributed by atoms with Gasteiger partial charge in [-0.2, -0.15) is 0 Å². The number of hydrogen-bond acceptors (Lipinski definition) is 4. The normalized spacial score (nSPS) is 14.4. The van der Waals surface area contributed by atoms with E-state index in [1.165, 1.54) is 5.56 Å². The van der Waals surface area contributed by atoms with Gasteiger partial charge < -0.3 is 19.3 Å². The Balaban J connectivity index is 0.00000405. The Bertz CT molecular complexity index is 1610. The summed E-state index contributed by atoms with van der Waals surface area (Å²) in [6.07, 6.45) is 6.20. The van der Waals surface area contributed by atoms with Gasteiger partial charge >= 0.3 is 0 Å². The molecule has 2 aromatic carbocycles. The quantitative estimate of drug-likeness (QED) is 0.259. The molecule has 0 saturated heterocycles. The predicted molar refractivity (Wildman–Crippen MR) is 169 cm³/mol. The fraction of sp³-hybridized carbons (Fsp3) is 0.333. The smallest absolute Gasteiger partial charge is 0.242 e. The molecule has 3 heterocycles. The van der Waals surface area contributed by atoms with Crippen molar-refractivity contribution in [3.63, 3.8) is 0 Å². The lowest BCUT2D eigenvalue weighted by atomic mass is 9.90. The van der Waals surface area contributed by atoms with E-state index >= 15 is 0 Å². The molecule has 0 radical (unpaired) electrons. The largest absolute Gasteiger partial charge is 0.338 e. The molecule has 8 nitrogen and oxygen atoms in total. The Morgan fingerprint density at radius 2 is 1.76 bits per heavy atom. The molecule has 5 rings (SSSR count). The molecule has 220 valence electrons. The van der Waals surface area contributed by atoms with Gasteiger partial charge in [0.1, 0.15) is 12.0 Å². The molecular formula is C33H38ClN5O3. The molecule has 0 bridgehead atoms. The number of aryl methyl sites for hydroxylation is 1. The third-order valence-electron chi connectivity index (χ3n) is 8.08. The van der Waals surface area contributed by atoms with E-state index < -0.39 is 5.41 Å². The van der Waals surface area contributed by atoms with Gasteiger partial charge in [-0.3, -0.25) is 19.4 Å². The molecule has 1 aliphatic rings. The second-order valence-corrected chi connectivity index (χ2v) is 11.2. The summed E-state index contributed by atoms with van der Waals surface area (Å²) in [5, 5.41) is 1.14. The van der Waals surface area contributed by atoms with Crippen molar-refractivity contribution in [2.24, 2.45) is 5.41 Å². The van der Waals surface area contributed by atoms with Crippen LogP contribution in [0, 0.1) is 12.3 Å². The van der Waals surface area contributed by atoms with Crippen molar-refractivity contribution in [1.82, 2.24) is 14.5 Å². The van der Waals surface area contributed by atoms with E-state index in [4.69, 9.17) is 0 Å². The average molecular weight is 588 g/mol. The van der Waals surface area contributed by atoms with Crippen molar-refractivity contribution >= 4 is 52.4 Å². The minimum atomic E-state index is -1.17. The summed E-state index contributed by atoms with van der Waals surface area (Å²) in [6, 6.07) is 17.9. The molecule has 0 atom stereocenters. The molecule has 2 aromatic heterocycles. The van der Waals surface area contributed by atoms with E-state index in [2.05, 4.69) is 24.0 Å². The second kappa shape index (κ2) is 12.4. The lowest BCUT2D eigenvalue weighted by Gasteiger charge is -2.27. The van der Waals surface area contributed by atoms with Crippen LogP contribution in [0.4, 0.5) is 11.4 Å². The second-order valence-electron chi connectivity index (χ2n) is 11.2. The van der Waals surface area contributed by atoms with Crippen LogP contribution < -0.4 is 9.80 Å². The zero-order valence-electron chi connectivity index (χ0n) is 24.8. The van der Waals surface area contributed by atoms with E-state index in [1.54, 1.807) is 36.9 Å². The first-order chi connectivity index (χ1) is 19.6. The summed E-state index contributed by atoms with van der Waals surface area (Å²) >= 11 is 0. The van der Waals surface area contributed by atoms with Crippen molar-refractivity contribution in [1.29, 1.82) is 0 Å². The van der Waals surface area contributed by atoms with Crippen LogP contribution in [0.1, 0.15) is 37.5 Å². The molecule has 4 aromatic rings. The molecule has 42 heavy (non-hydrogen) atoms. The highest BCUT2D eigenvalue weighted by Gasteiger charge is 2.45. The van der Waals surface area contributed by atoms with Gasteiger partial charge in [-0.15, -0.1) is 12.4 Å². The Labute approximate surface area is 253 Å². The Hall–Kier alpha value is -4.17. The van der Waals surface area contributed by atoms with E-state index in [0.717, 1.165) is 22.0 Å². The van der Waals surface area contributed by atoms with Gasteiger partial charge in [0.15, 0.2) is 0 Å². The van der Waals surface area contributed by atoms with Gasteiger partial charge in [-0.25, -0.2) is 0 Å². The summed E-state index contributed by atoms with van der Waals surface area (Å²) in [4.78, 5) is 49.7. The lowest BCUT2D eigenvalue weighted by Crippen LogP contribution is -2.47. The zero-order chi connectivity index (χ0) is 29.3. The minimum absolute atomic E-state index is 0. The molecule has 1 aliphatic heterocycles. The number of fused-ring (bicyclic) bond motifs is 2. The molecule has 3 amide bonds. The van der Waals surface area contributed by atoms with Gasteiger partial charge in [-0.1, -0.05) is 24.3 Å². The van der Waals surface area contributed by atoms with Crippen LogP contribution in [0.15, 0.2) is 73.2 Å². The minimum Gasteiger partial charge on any atom is -0.338 e. The zero-order valence-corrected chi connectivity index (χ0v) is 25.6. The Kier molecular flexibility index (Phi) is 9.06. The van der Waals surface area contributed by atoms with Gasteiger partial charge in [0.2, 0.25) is 17.7 Å². The number of aromatic nitrogens is 2. The van der Waals surface area contributed by atoms with Crippen molar-refractivity contribution in [3.05, 3.63) is 89.9 Å². The molecule has 9 heteroatoms. The highest BCUT2D eigenvalue weighted by molar-refractivity contribution is 6.19. The van der Waals surface area contributed by atoms with Crippen molar-refractivity contribution in [3.8, 4) is 0 Å².